The molecule has 0 heterocycles. The molecule has 68 valence electrons. The summed E-state index contributed by atoms with van der Waals surface area (Å²) in [6.45, 7) is 1.85. The van der Waals surface area contributed by atoms with Crippen LogP contribution in [0.5, 0.6) is 0 Å². The molecule has 0 aromatic heterocycles. The maximum Gasteiger partial charge on any atom is 0.311 e. The third-order valence-corrected chi connectivity index (χ3v) is 2.38. The van der Waals surface area contributed by atoms with Crippen LogP contribution in [-0.4, -0.2) is 25.5 Å². The zero-order chi connectivity index (χ0) is 9.19. The maximum absolute atomic E-state index is 11.1. The van der Waals surface area contributed by atoms with Gasteiger partial charge in [-0.25, -0.2) is 0 Å². The lowest BCUT2D eigenvalue weighted by Crippen LogP contribution is -2.51. The second kappa shape index (κ2) is 3.13. The van der Waals surface area contributed by atoms with E-state index in [1.165, 1.54) is 7.11 Å². The van der Waals surface area contributed by atoms with Crippen molar-refractivity contribution in [3.63, 3.8) is 0 Å². The first-order valence-corrected chi connectivity index (χ1v) is 3.90. The highest BCUT2D eigenvalue weighted by Gasteiger charge is 2.46. The van der Waals surface area contributed by atoms with Gasteiger partial charge in [-0.05, 0) is 19.8 Å². The number of carbonyl (C=O) groups is 2. The predicted octanol–water partition coefficient (Wildman–Crippen LogP) is 0.0741. The highest BCUT2D eigenvalue weighted by Crippen LogP contribution is 2.41. The van der Waals surface area contributed by atoms with Gasteiger partial charge in [0.2, 0.25) is 6.41 Å². The fraction of sp³-hybridized carbons (Fsp3) is 0.750. The number of esters is 1. The number of rotatable bonds is 3. The van der Waals surface area contributed by atoms with Gasteiger partial charge in [0.25, 0.3) is 0 Å². The number of hydrogen-bond acceptors (Lipinski definition) is 3. The van der Waals surface area contributed by atoms with E-state index in [0.717, 1.165) is 0 Å². The second-order valence-electron chi connectivity index (χ2n) is 3.44. The van der Waals surface area contributed by atoms with Gasteiger partial charge < -0.3 is 10.1 Å². The van der Waals surface area contributed by atoms with Crippen molar-refractivity contribution < 1.29 is 14.3 Å². The third-order valence-electron chi connectivity index (χ3n) is 2.38. The molecule has 0 radical (unpaired) electrons. The second-order valence-corrected chi connectivity index (χ2v) is 3.44. The van der Waals surface area contributed by atoms with Gasteiger partial charge in [0.1, 0.15) is 0 Å². The molecule has 0 aromatic carbocycles. The van der Waals surface area contributed by atoms with Crippen molar-refractivity contribution in [2.75, 3.05) is 7.11 Å². The Bertz CT molecular complexity index is 196. The summed E-state index contributed by atoms with van der Waals surface area (Å²) in [5.41, 5.74) is -0.380. The molecule has 1 saturated carbocycles. The number of nitrogens with one attached hydrogen (secondary N) is 1. The molecular weight excluding hydrogens is 158 g/mol. The van der Waals surface area contributed by atoms with Crippen molar-refractivity contribution in [1.82, 2.24) is 5.32 Å². The topological polar surface area (TPSA) is 55.4 Å². The van der Waals surface area contributed by atoms with Crippen molar-refractivity contribution in [1.29, 1.82) is 0 Å². The molecule has 0 aliphatic heterocycles. The van der Waals surface area contributed by atoms with Crippen LogP contribution in [0.1, 0.15) is 19.8 Å². The van der Waals surface area contributed by atoms with Gasteiger partial charge in [0.05, 0.1) is 12.5 Å². The molecule has 0 bridgehead atoms. The summed E-state index contributed by atoms with van der Waals surface area (Å²) in [5, 5.41) is 2.63. The molecule has 1 fully saturated rings. The van der Waals surface area contributed by atoms with Crippen molar-refractivity contribution in [2.24, 2.45) is 5.41 Å². The Balaban J connectivity index is 2.39. The predicted molar refractivity (Wildman–Crippen MR) is 42.3 cm³/mol. The molecule has 4 nitrogen and oxygen atoms in total. The number of hydrogen-bond donors (Lipinski definition) is 1. The number of carbonyl (C=O) groups excluding carboxylic acids is 2. The molecule has 0 unspecified atom stereocenters. The van der Waals surface area contributed by atoms with Crippen molar-refractivity contribution in [2.45, 2.75) is 25.8 Å². The van der Waals surface area contributed by atoms with Crippen LogP contribution in [0.3, 0.4) is 0 Å². The van der Waals surface area contributed by atoms with E-state index in [4.69, 9.17) is 0 Å². The minimum absolute atomic E-state index is 0.145. The fourth-order valence-electron chi connectivity index (χ4n) is 1.66. The molecule has 4 heteroatoms. The average Bonchev–Trinajstić information content (AvgIpc) is 2.00. The van der Waals surface area contributed by atoms with E-state index in [1.807, 2.05) is 6.92 Å². The Labute approximate surface area is 71.3 Å². The lowest BCUT2D eigenvalue weighted by atomic mass is 9.67. The van der Waals surface area contributed by atoms with Crippen LogP contribution in [0.2, 0.25) is 0 Å². The molecule has 0 atom stereocenters. The molecule has 0 spiro atoms. The fourth-order valence-corrected chi connectivity index (χ4v) is 1.66. The first-order chi connectivity index (χ1) is 5.62. The van der Waals surface area contributed by atoms with Gasteiger partial charge in [0.15, 0.2) is 0 Å². The van der Waals surface area contributed by atoms with Crippen molar-refractivity contribution in [3.8, 4) is 0 Å². The summed E-state index contributed by atoms with van der Waals surface area (Å²) in [4.78, 5) is 21.2. The quantitative estimate of drug-likeness (QED) is 0.483. The minimum Gasteiger partial charge on any atom is -0.469 e. The zero-order valence-corrected chi connectivity index (χ0v) is 7.29. The summed E-state index contributed by atoms with van der Waals surface area (Å²) in [7, 11) is 1.38. The van der Waals surface area contributed by atoms with Crippen LogP contribution < -0.4 is 5.32 Å². The maximum atomic E-state index is 11.1. The minimum atomic E-state index is -0.380. The Morgan fingerprint density at radius 1 is 1.67 bits per heavy atom. The highest BCUT2D eigenvalue weighted by atomic mass is 16.5. The monoisotopic (exact) mass is 171 g/mol. The Hall–Kier alpha value is -1.06. The molecule has 0 aromatic rings. The molecule has 1 rings (SSSR count). The van der Waals surface area contributed by atoms with Gasteiger partial charge in [-0.1, -0.05) is 0 Å². The van der Waals surface area contributed by atoms with Gasteiger partial charge >= 0.3 is 5.97 Å². The standard InChI is InChI=1S/C8H13NO3/c1-8(7(11)12-2)3-6(4-8)9-5-10/h5-6H,3-4H2,1-2H3,(H,9,10). The summed E-state index contributed by atoms with van der Waals surface area (Å²) in [5.74, 6) is -0.188. The molecule has 1 aliphatic carbocycles. The highest BCUT2D eigenvalue weighted by molar-refractivity contribution is 5.77. The van der Waals surface area contributed by atoms with Gasteiger partial charge in [0, 0.05) is 6.04 Å². The normalized spacial score (nSPS) is 33.3. The van der Waals surface area contributed by atoms with Crippen molar-refractivity contribution >= 4 is 12.4 Å². The molecule has 1 amide bonds. The summed E-state index contributed by atoms with van der Waals surface area (Å²) >= 11 is 0. The van der Waals surface area contributed by atoms with E-state index in [2.05, 4.69) is 10.1 Å². The lowest BCUT2D eigenvalue weighted by molar-refractivity contribution is -0.158. The van der Waals surface area contributed by atoms with E-state index in [-0.39, 0.29) is 17.4 Å². The Morgan fingerprint density at radius 3 is 2.67 bits per heavy atom. The SMILES string of the molecule is COC(=O)C1(C)CC(NC=O)C1. The number of ether oxygens (including phenoxy) is 1. The Morgan fingerprint density at radius 2 is 2.25 bits per heavy atom. The van der Waals surface area contributed by atoms with Crippen LogP contribution >= 0.6 is 0 Å². The summed E-state index contributed by atoms with van der Waals surface area (Å²) in [6.07, 6.45) is 2.03. The lowest BCUT2D eigenvalue weighted by Gasteiger charge is -2.42. The van der Waals surface area contributed by atoms with Crippen LogP contribution in [0.25, 0.3) is 0 Å². The van der Waals surface area contributed by atoms with Crippen LogP contribution in [0, 0.1) is 5.41 Å². The summed E-state index contributed by atoms with van der Waals surface area (Å²) < 4.78 is 4.63. The third kappa shape index (κ3) is 1.42. The number of amides is 1. The van der Waals surface area contributed by atoms with Crippen LogP contribution in [0.15, 0.2) is 0 Å². The van der Waals surface area contributed by atoms with Crippen LogP contribution in [-0.2, 0) is 14.3 Å². The largest absolute Gasteiger partial charge is 0.469 e. The summed E-state index contributed by atoms with van der Waals surface area (Å²) in [6, 6.07) is 0.145. The first kappa shape index (κ1) is 9.03. The van der Waals surface area contributed by atoms with Crippen LogP contribution in [0.4, 0.5) is 0 Å². The van der Waals surface area contributed by atoms with E-state index in [0.29, 0.717) is 19.3 Å². The van der Waals surface area contributed by atoms with Gasteiger partial charge in [-0.2, -0.15) is 0 Å². The zero-order valence-electron chi connectivity index (χ0n) is 7.29. The molecule has 0 saturated heterocycles. The van der Waals surface area contributed by atoms with E-state index < -0.39 is 0 Å². The molecule has 1 aliphatic rings. The van der Waals surface area contributed by atoms with Crippen molar-refractivity contribution in [3.05, 3.63) is 0 Å². The van der Waals surface area contributed by atoms with E-state index in [9.17, 15) is 9.59 Å². The van der Waals surface area contributed by atoms with E-state index in [1.54, 1.807) is 0 Å². The number of methoxy groups -OCH3 is 1. The molecular formula is C8H13NO3. The smallest absolute Gasteiger partial charge is 0.311 e. The Kier molecular flexibility index (Phi) is 2.35. The van der Waals surface area contributed by atoms with Gasteiger partial charge in [-0.3, -0.25) is 9.59 Å². The molecule has 1 N–H and O–H groups in total. The van der Waals surface area contributed by atoms with Gasteiger partial charge in [-0.15, -0.1) is 0 Å². The molecule has 12 heavy (non-hydrogen) atoms. The first-order valence-electron chi connectivity index (χ1n) is 3.90. The van der Waals surface area contributed by atoms with E-state index >= 15 is 0 Å². The average molecular weight is 171 g/mol.